The van der Waals surface area contributed by atoms with E-state index in [2.05, 4.69) is 5.32 Å². The summed E-state index contributed by atoms with van der Waals surface area (Å²) in [5.41, 5.74) is 2.38. The van der Waals surface area contributed by atoms with E-state index < -0.39 is 11.9 Å². The second kappa shape index (κ2) is 8.15. The van der Waals surface area contributed by atoms with Crippen LogP contribution < -0.4 is 5.32 Å². The Hall–Kier alpha value is -2.66. The molecule has 0 spiro atoms. The van der Waals surface area contributed by atoms with Gasteiger partial charge in [-0.15, -0.1) is 0 Å². The average molecular weight is 353 g/mol. The Kier molecular flexibility index (Phi) is 5.68. The van der Waals surface area contributed by atoms with Crippen molar-refractivity contribution in [2.45, 2.75) is 31.8 Å². The molecule has 2 aromatic carbocycles. The lowest BCUT2D eigenvalue weighted by atomic mass is 9.88. The number of hydrogen-bond donors (Lipinski definition) is 2. The number of benzene rings is 2. The van der Waals surface area contributed by atoms with E-state index in [0.29, 0.717) is 17.9 Å². The van der Waals surface area contributed by atoms with E-state index in [0.717, 1.165) is 18.4 Å². The second-order valence-electron chi connectivity index (χ2n) is 6.62. The third kappa shape index (κ3) is 4.11. The van der Waals surface area contributed by atoms with Gasteiger partial charge in [-0.25, -0.2) is 0 Å². The zero-order valence-electron chi connectivity index (χ0n) is 14.7. The molecule has 1 aliphatic rings. The molecule has 1 aliphatic heterocycles. The number of carbonyl (C=O) groups is 2. The van der Waals surface area contributed by atoms with Gasteiger partial charge in [-0.3, -0.25) is 9.59 Å². The van der Waals surface area contributed by atoms with Crippen molar-refractivity contribution in [2.75, 3.05) is 11.9 Å². The molecular formula is C21H23NO4. The SMILES string of the molecule is CC(C(=O)O)c1ccc(NC(=O)C2CCCOC2c2ccccc2)cc1. The maximum atomic E-state index is 12.8. The standard InChI is InChI=1S/C21H23NO4/c1-14(21(24)25)15-9-11-17(12-10-15)22-20(23)18-8-5-13-26-19(18)16-6-3-2-4-7-16/h2-4,6-7,9-12,14,18-19H,5,8,13H2,1H3,(H,22,23)(H,24,25). The number of carboxylic acid groups (broad SMARTS) is 1. The maximum absolute atomic E-state index is 12.8. The third-order valence-corrected chi connectivity index (χ3v) is 4.84. The molecule has 1 heterocycles. The monoisotopic (exact) mass is 353 g/mol. The van der Waals surface area contributed by atoms with Gasteiger partial charge < -0.3 is 15.2 Å². The molecule has 3 unspecified atom stereocenters. The Bertz CT molecular complexity index is 757. The van der Waals surface area contributed by atoms with E-state index in [-0.39, 0.29) is 17.9 Å². The van der Waals surface area contributed by atoms with Crippen LogP contribution in [0.3, 0.4) is 0 Å². The van der Waals surface area contributed by atoms with Crippen LogP contribution in [0.15, 0.2) is 54.6 Å². The van der Waals surface area contributed by atoms with E-state index in [1.54, 1.807) is 31.2 Å². The fourth-order valence-corrected chi connectivity index (χ4v) is 3.25. The molecule has 3 rings (SSSR count). The number of aliphatic carboxylic acids is 1. The van der Waals surface area contributed by atoms with Crippen LogP contribution in [0.2, 0.25) is 0 Å². The van der Waals surface area contributed by atoms with Crippen LogP contribution in [-0.4, -0.2) is 23.6 Å². The number of carboxylic acids is 1. The Balaban J connectivity index is 1.71. The van der Waals surface area contributed by atoms with Crippen molar-refractivity contribution >= 4 is 17.6 Å². The predicted octanol–water partition coefficient (Wildman–Crippen LogP) is 3.98. The van der Waals surface area contributed by atoms with Crippen LogP contribution in [0.25, 0.3) is 0 Å². The summed E-state index contributed by atoms with van der Waals surface area (Å²) >= 11 is 0. The highest BCUT2D eigenvalue weighted by atomic mass is 16.5. The fourth-order valence-electron chi connectivity index (χ4n) is 3.25. The van der Waals surface area contributed by atoms with Crippen molar-refractivity contribution in [3.8, 4) is 0 Å². The van der Waals surface area contributed by atoms with Crippen LogP contribution in [0, 0.1) is 5.92 Å². The summed E-state index contributed by atoms with van der Waals surface area (Å²) < 4.78 is 5.89. The molecule has 3 atom stereocenters. The Morgan fingerprint density at radius 1 is 1.12 bits per heavy atom. The Morgan fingerprint density at radius 2 is 1.81 bits per heavy atom. The van der Waals surface area contributed by atoms with E-state index in [1.807, 2.05) is 30.3 Å². The van der Waals surface area contributed by atoms with Crippen LogP contribution in [0.4, 0.5) is 5.69 Å². The molecule has 0 radical (unpaired) electrons. The van der Waals surface area contributed by atoms with Gasteiger partial charge in [0, 0.05) is 12.3 Å². The van der Waals surface area contributed by atoms with Gasteiger partial charge in [0.15, 0.2) is 0 Å². The molecule has 5 heteroatoms. The highest BCUT2D eigenvalue weighted by Gasteiger charge is 2.33. The minimum atomic E-state index is -0.869. The predicted molar refractivity (Wildman–Crippen MR) is 99.0 cm³/mol. The lowest BCUT2D eigenvalue weighted by Crippen LogP contribution is -2.33. The molecule has 0 aromatic heterocycles. The lowest BCUT2D eigenvalue weighted by molar-refractivity contribution is -0.138. The highest BCUT2D eigenvalue weighted by Crippen LogP contribution is 2.34. The van der Waals surface area contributed by atoms with Gasteiger partial charge in [0.05, 0.1) is 17.9 Å². The number of carbonyl (C=O) groups excluding carboxylic acids is 1. The smallest absolute Gasteiger partial charge is 0.310 e. The molecule has 1 amide bonds. The molecule has 26 heavy (non-hydrogen) atoms. The first kappa shape index (κ1) is 18.1. The lowest BCUT2D eigenvalue weighted by Gasteiger charge is -2.31. The van der Waals surface area contributed by atoms with Crippen molar-refractivity contribution in [1.82, 2.24) is 0 Å². The zero-order chi connectivity index (χ0) is 18.5. The molecule has 136 valence electrons. The van der Waals surface area contributed by atoms with Crippen molar-refractivity contribution < 1.29 is 19.4 Å². The Morgan fingerprint density at radius 3 is 2.46 bits per heavy atom. The zero-order valence-corrected chi connectivity index (χ0v) is 14.7. The molecule has 1 fully saturated rings. The summed E-state index contributed by atoms with van der Waals surface area (Å²) in [6.45, 7) is 2.30. The first-order valence-electron chi connectivity index (χ1n) is 8.86. The van der Waals surface area contributed by atoms with Gasteiger partial charge in [0.1, 0.15) is 0 Å². The van der Waals surface area contributed by atoms with Gasteiger partial charge in [0.2, 0.25) is 5.91 Å². The maximum Gasteiger partial charge on any atom is 0.310 e. The number of amides is 1. The van der Waals surface area contributed by atoms with Crippen LogP contribution >= 0.6 is 0 Å². The first-order chi connectivity index (χ1) is 12.6. The number of hydrogen-bond acceptors (Lipinski definition) is 3. The summed E-state index contributed by atoms with van der Waals surface area (Å²) in [7, 11) is 0. The summed E-state index contributed by atoms with van der Waals surface area (Å²) in [6.07, 6.45) is 1.40. The summed E-state index contributed by atoms with van der Waals surface area (Å²) in [6, 6.07) is 16.8. The van der Waals surface area contributed by atoms with Gasteiger partial charge in [0.25, 0.3) is 0 Å². The number of ether oxygens (including phenoxy) is 1. The van der Waals surface area contributed by atoms with Gasteiger partial charge in [-0.2, -0.15) is 0 Å². The molecule has 0 bridgehead atoms. The third-order valence-electron chi connectivity index (χ3n) is 4.84. The molecule has 2 N–H and O–H groups in total. The second-order valence-corrected chi connectivity index (χ2v) is 6.62. The highest BCUT2D eigenvalue weighted by molar-refractivity contribution is 5.93. The summed E-state index contributed by atoms with van der Waals surface area (Å²) in [5.74, 6) is -1.76. The fraction of sp³-hybridized carbons (Fsp3) is 0.333. The van der Waals surface area contributed by atoms with E-state index in [9.17, 15) is 9.59 Å². The van der Waals surface area contributed by atoms with Crippen molar-refractivity contribution in [2.24, 2.45) is 5.92 Å². The summed E-state index contributed by atoms with van der Waals surface area (Å²) in [4.78, 5) is 23.8. The van der Waals surface area contributed by atoms with Gasteiger partial charge in [-0.05, 0) is 43.0 Å². The van der Waals surface area contributed by atoms with Crippen molar-refractivity contribution in [3.05, 3.63) is 65.7 Å². The van der Waals surface area contributed by atoms with Crippen molar-refractivity contribution in [3.63, 3.8) is 0 Å². The summed E-state index contributed by atoms with van der Waals surface area (Å²) in [5, 5.41) is 12.0. The largest absolute Gasteiger partial charge is 0.481 e. The number of anilines is 1. The minimum Gasteiger partial charge on any atom is -0.481 e. The normalized spacial score (nSPS) is 21.0. The minimum absolute atomic E-state index is 0.0717. The quantitative estimate of drug-likeness (QED) is 0.852. The topological polar surface area (TPSA) is 75.6 Å². The molecule has 1 saturated heterocycles. The van der Waals surface area contributed by atoms with E-state index in [1.165, 1.54) is 0 Å². The van der Waals surface area contributed by atoms with Gasteiger partial charge >= 0.3 is 5.97 Å². The Labute approximate surface area is 153 Å². The molecule has 0 saturated carbocycles. The molecule has 0 aliphatic carbocycles. The van der Waals surface area contributed by atoms with E-state index in [4.69, 9.17) is 9.84 Å². The van der Waals surface area contributed by atoms with E-state index >= 15 is 0 Å². The molecule has 5 nitrogen and oxygen atoms in total. The number of rotatable bonds is 5. The van der Waals surface area contributed by atoms with Crippen LogP contribution in [0.1, 0.15) is 42.9 Å². The van der Waals surface area contributed by atoms with Gasteiger partial charge in [-0.1, -0.05) is 42.5 Å². The van der Waals surface area contributed by atoms with Crippen LogP contribution in [-0.2, 0) is 14.3 Å². The average Bonchev–Trinajstić information content (AvgIpc) is 2.68. The molecular weight excluding hydrogens is 330 g/mol. The first-order valence-corrected chi connectivity index (χ1v) is 8.86. The molecule has 2 aromatic rings. The van der Waals surface area contributed by atoms with Crippen LogP contribution in [0.5, 0.6) is 0 Å². The number of nitrogens with one attached hydrogen (secondary N) is 1. The van der Waals surface area contributed by atoms with Crippen molar-refractivity contribution in [1.29, 1.82) is 0 Å².